The number of carbonyl (C=O) groups excluding carboxylic acids is 1. The van der Waals surface area contributed by atoms with Crippen molar-refractivity contribution in [1.82, 2.24) is 25.0 Å². The summed E-state index contributed by atoms with van der Waals surface area (Å²) in [6.07, 6.45) is 4.47. The fraction of sp³-hybridized carbons (Fsp3) is 0.476. The zero-order chi connectivity index (χ0) is 22.0. The number of hydrogen-bond acceptors (Lipinski definition) is 8. The molecule has 1 amide bonds. The molecule has 164 valence electrons. The van der Waals surface area contributed by atoms with Crippen molar-refractivity contribution >= 4 is 23.0 Å². The second-order valence-electron chi connectivity index (χ2n) is 8.49. The first-order valence-corrected chi connectivity index (χ1v) is 10.4. The summed E-state index contributed by atoms with van der Waals surface area (Å²) in [6, 6.07) is 7.57. The van der Waals surface area contributed by atoms with Crippen LogP contribution in [0.4, 0.5) is 5.95 Å². The number of aromatic nitrogens is 5. The average Bonchev–Trinajstić information content (AvgIpc) is 3.35. The first kappa shape index (κ1) is 21.0. The lowest BCUT2D eigenvalue weighted by molar-refractivity contribution is -0.121. The molecule has 31 heavy (non-hydrogen) atoms. The van der Waals surface area contributed by atoms with Crippen LogP contribution in [0.5, 0.6) is 5.75 Å². The third-order valence-corrected chi connectivity index (χ3v) is 5.55. The van der Waals surface area contributed by atoms with E-state index in [1.54, 1.807) is 10.9 Å². The first-order chi connectivity index (χ1) is 14.8. The molecule has 2 atom stereocenters. The van der Waals surface area contributed by atoms with E-state index in [1.165, 1.54) is 0 Å². The lowest BCUT2D eigenvalue weighted by Gasteiger charge is -2.25. The quantitative estimate of drug-likeness (QED) is 0.496. The van der Waals surface area contributed by atoms with Gasteiger partial charge in [-0.25, -0.2) is 4.98 Å². The number of primary amides is 1. The van der Waals surface area contributed by atoms with Gasteiger partial charge in [0.1, 0.15) is 11.4 Å². The van der Waals surface area contributed by atoms with Gasteiger partial charge in [0.25, 0.3) is 0 Å². The Bertz CT molecular complexity index is 1060. The highest BCUT2D eigenvalue weighted by atomic mass is 16.5. The number of nitrogens with one attached hydrogen (secondary N) is 1. The van der Waals surface area contributed by atoms with Crippen molar-refractivity contribution in [2.24, 2.45) is 11.7 Å². The molecule has 0 aliphatic heterocycles. The van der Waals surface area contributed by atoms with Crippen LogP contribution in [0, 0.1) is 5.92 Å². The van der Waals surface area contributed by atoms with Gasteiger partial charge in [0.15, 0.2) is 11.2 Å². The van der Waals surface area contributed by atoms with Crippen molar-refractivity contribution in [2.75, 3.05) is 11.9 Å². The molecule has 1 aliphatic carbocycles. The molecule has 0 unspecified atom stereocenters. The van der Waals surface area contributed by atoms with E-state index in [1.807, 2.05) is 38.1 Å². The molecule has 1 fully saturated rings. The molecule has 0 spiro atoms. The van der Waals surface area contributed by atoms with E-state index in [4.69, 9.17) is 15.6 Å². The minimum atomic E-state index is -0.461. The number of rotatable bonds is 8. The van der Waals surface area contributed by atoms with Gasteiger partial charge in [-0.1, -0.05) is 5.21 Å². The number of benzene rings is 1. The number of fused-ring (bicyclic) bond motifs is 1. The Balaban J connectivity index is 1.52. The third kappa shape index (κ3) is 4.74. The smallest absolute Gasteiger partial charge is 0.225 e. The van der Waals surface area contributed by atoms with Gasteiger partial charge >= 0.3 is 0 Å². The first-order valence-electron chi connectivity index (χ1n) is 10.4. The third-order valence-electron chi connectivity index (χ3n) is 5.55. The Labute approximate surface area is 179 Å². The molecule has 1 aliphatic rings. The number of nitrogens with two attached hydrogens (primary N) is 1. The van der Waals surface area contributed by atoms with Gasteiger partial charge in [-0.2, -0.15) is 9.67 Å². The number of anilines is 1. The van der Waals surface area contributed by atoms with Crippen molar-refractivity contribution in [2.45, 2.75) is 51.2 Å². The van der Waals surface area contributed by atoms with Crippen molar-refractivity contribution in [3.63, 3.8) is 0 Å². The van der Waals surface area contributed by atoms with Crippen LogP contribution in [-0.4, -0.2) is 54.2 Å². The van der Waals surface area contributed by atoms with Crippen molar-refractivity contribution in [1.29, 1.82) is 0 Å². The summed E-state index contributed by atoms with van der Waals surface area (Å²) < 4.78 is 7.59. The fourth-order valence-electron chi connectivity index (χ4n) is 3.82. The van der Waals surface area contributed by atoms with Gasteiger partial charge < -0.3 is 20.9 Å². The van der Waals surface area contributed by atoms with Crippen LogP contribution in [0.2, 0.25) is 0 Å². The summed E-state index contributed by atoms with van der Waals surface area (Å²) in [5.74, 6) is 0.817. The molecule has 1 aromatic carbocycles. The number of aliphatic hydroxyl groups is 1. The lowest BCUT2D eigenvalue weighted by Crippen LogP contribution is -2.29. The number of ether oxygens (including phenoxy) is 1. The standard InChI is InChI=1S/C21H27N7O3/c1-21(2,9-10-29)31-16-7-5-15(6-8-16)28-19-17(26-27-28)12-23-20(25-19)24-14-4-3-13(11-14)18(22)30/h5-8,12-14,29H,3-4,9-11H2,1-2H3,(H2,22,30)(H,23,24,25)/t13-,14-/m1/s1. The molecular weight excluding hydrogens is 398 g/mol. The monoisotopic (exact) mass is 425 g/mol. The molecule has 2 heterocycles. The van der Waals surface area contributed by atoms with Crippen molar-refractivity contribution in [3.8, 4) is 11.4 Å². The molecule has 4 rings (SSSR count). The van der Waals surface area contributed by atoms with E-state index >= 15 is 0 Å². The number of carbonyl (C=O) groups is 1. The van der Waals surface area contributed by atoms with E-state index in [2.05, 4.69) is 25.6 Å². The van der Waals surface area contributed by atoms with Gasteiger partial charge in [0.2, 0.25) is 11.9 Å². The second kappa shape index (κ2) is 8.46. The predicted octanol–water partition coefficient (Wildman–Crippen LogP) is 1.82. The molecule has 10 heteroatoms. The van der Waals surface area contributed by atoms with Gasteiger partial charge in [-0.15, -0.1) is 5.10 Å². The maximum Gasteiger partial charge on any atom is 0.225 e. The normalized spacial score (nSPS) is 18.9. The Morgan fingerprint density at radius 2 is 2.10 bits per heavy atom. The number of aliphatic hydroxyl groups excluding tert-OH is 1. The van der Waals surface area contributed by atoms with Gasteiger partial charge in [0, 0.05) is 25.0 Å². The zero-order valence-electron chi connectivity index (χ0n) is 17.7. The molecule has 4 N–H and O–H groups in total. The van der Waals surface area contributed by atoms with Crippen molar-refractivity contribution in [3.05, 3.63) is 30.5 Å². The lowest BCUT2D eigenvalue weighted by atomic mass is 10.1. The van der Waals surface area contributed by atoms with Crippen LogP contribution in [0.15, 0.2) is 30.5 Å². The minimum Gasteiger partial charge on any atom is -0.488 e. The fourth-order valence-corrected chi connectivity index (χ4v) is 3.82. The Morgan fingerprint density at radius 1 is 1.32 bits per heavy atom. The van der Waals surface area contributed by atoms with E-state index in [0.29, 0.717) is 35.7 Å². The highest BCUT2D eigenvalue weighted by molar-refractivity contribution is 5.77. The second-order valence-corrected chi connectivity index (χ2v) is 8.49. The van der Waals surface area contributed by atoms with Crippen LogP contribution in [0.1, 0.15) is 39.5 Å². The summed E-state index contributed by atoms with van der Waals surface area (Å²) in [5, 5.41) is 20.8. The molecular formula is C21H27N7O3. The summed E-state index contributed by atoms with van der Waals surface area (Å²) in [5.41, 5.74) is 6.91. The maximum absolute atomic E-state index is 11.4. The molecule has 3 aromatic rings. The molecule has 1 saturated carbocycles. The number of hydrogen-bond donors (Lipinski definition) is 3. The minimum absolute atomic E-state index is 0.0656. The topological polar surface area (TPSA) is 141 Å². The Morgan fingerprint density at radius 3 is 2.77 bits per heavy atom. The van der Waals surface area contributed by atoms with E-state index in [-0.39, 0.29) is 24.5 Å². The van der Waals surface area contributed by atoms with E-state index in [9.17, 15) is 4.79 Å². The summed E-state index contributed by atoms with van der Waals surface area (Å²) in [4.78, 5) is 20.3. The van der Waals surface area contributed by atoms with Crippen LogP contribution in [-0.2, 0) is 4.79 Å². The van der Waals surface area contributed by atoms with Crippen LogP contribution in [0.25, 0.3) is 16.9 Å². The number of nitrogens with zero attached hydrogens (tertiary/aromatic N) is 5. The summed E-state index contributed by atoms with van der Waals surface area (Å²) >= 11 is 0. The van der Waals surface area contributed by atoms with E-state index in [0.717, 1.165) is 18.5 Å². The van der Waals surface area contributed by atoms with Crippen molar-refractivity contribution < 1.29 is 14.6 Å². The molecule has 2 aromatic heterocycles. The SMILES string of the molecule is CC(C)(CCO)Oc1ccc(-n2nnc3cnc(N[C@@H]4CC[C@@H](C(N)=O)C4)nc32)cc1. The zero-order valence-corrected chi connectivity index (χ0v) is 17.7. The maximum atomic E-state index is 11.4. The largest absolute Gasteiger partial charge is 0.488 e. The molecule has 0 radical (unpaired) electrons. The molecule has 0 bridgehead atoms. The van der Waals surface area contributed by atoms with Crippen LogP contribution in [0.3, 0.4) is 0 Å². The van der Waals surface area contributed by atoms with Gasteiger partial charge in [-0.05, 0) is 57.4 Å². The highest BCUT2D eigenvalue weighted by Gasteiger charge is 2.29. The summed E-state index contributed by atoms with van der Waals surface area (Å²) in [6.45, 7) is 3.93. The van der Waals surface area contributed by atoms with Crippen LogP contribution < -0.4 is 15.8 Å². The average molecular weight is 425 g/mol. The van der Waals surface area contributed by atoms with Crippen LogP contribution >= 0.6 is 0 Å². The Hall–Kier alpha value is -3.27. The summed E-state index contributed by atoms with van der Waals surface area (Å²) in [7, 11) is 0. The Kier molecular flexibility index (Phi) is 5.73. The van der Waals surface area contributed by atoms with Gasteiger partial charge in [0.05, 0.1) is 11.9 Å². The van der Waals surface area contributed by atoms with E-state index < -0.39 is 5.60 Å². The van der Waals surface area contributed by atoms with Gasteiger partial charge in [-0.3, -0.25) is 4.79 Å². The highest BCUT2D eigenvalue weighted by Crippen LogP contribution is 2.28. The predicted molar refractivity (Wildman–Crippen MR) is 115 cm³/mol. The number of amides is 1. The molecule has 0 saturated heterocycles. The molecule has 10 nitrogen and oxygen atoms in total.